The summed E-state index contributed by atoms with van der Waals surface area (Å²) in [6.45, 7) is 2.64. The Morgan fingerprint density at radius 1 is 1.08 bits per heavy atom. The van der Waals surface area contributed by atoms with E-state index in [0.29, 0.717) is 5.56 Å². The molecule has 3 aliphatic heterocycles. The molecule has 0 bridgehead atoms. The molecule has 2 aromatic rings. The fraction of sp³-hybridized carbons (Fsp3) is 0.222. The van der Waals surface area contributed by atoms with Crippen LogP contribution in [-0.4, -0.2) is 23.2 Å². The molecule has 3 heterocycles. The van der Waals surface area contributed by atoms with Crippen molar-refractivity contribution in [2.24, 2.45) is 4.99 Å². The molecule has 3 N–H and O–H groups in total. The molecule has 5 rings (SSSR count). The molecule has 6 heteroatoms. The van der Waals surface area contributed by atoms with Crippen molar-refractivity contribution in [1.82, 2.24) is 21.1 Å². The van der Waals surface area contributed by atoms with E-state index in [0.717, 1.165) is 36.7 Å². The highest BCUT2D eigenvalue weighted by Crippen LogP contribution is 2.33. The largest absolute Gasteiger partial charge is 0.352 e. The molecule has 1 amide bonds. The van der Waals surface area contributed by atoms with Gasteiger partial charge in [0, 0.05) is 24.2 Å². The third kappa shape index (κ3) is 2.11. The number of hydrogen-bond acceptors (Lipinski definition) is 5. The Labute approximate surface area is 139 Å². The van der Waals surface area contributed by atoms with Gasteiger partial charge in [-0.1, -0.05) is 30.3 Å². The van der Waals surface area contributed by atoms with Crippen molar-refractivity contribution in [3.63, 3.8) is 0 Å². The normalized spacial score (nSPS) is 21.4. The van der Waals surface area contributed by atoms with Crippen LogP contribution in [0.15, 0.2) is 47.5 Å². The average molecular weight is 319 g/mol. The lowest BCUT2D eigenvalue weighted by molar-refractivity contribution is 0.0904. The first kappa shape index (κ1) is 13.7. The summed E-state index contributed by atoms with van der Waals surface area (Å²) in [4.78, 5) is 19.1. The van der Waals surface area contributed by atoms with Crippen LogP contribution in [0.5, 0.6) is 0 Å². The van der Waals surface area contributed by atoms with Gasteiger partial charge in [-0.2, -0.15) is 0 Å². The van der Waals surface area contributed by atoms with Crippen LogP contribution < -0.4 is 16.2 Å². The van der Waals surface area contributed by atoms with Gasteiger partial charge in [-0.3, -0.25) is 15.1 Å². The Morgan fingerprint density at radius 2 is 1.88 bits per heavy atom. The number of aliphatic imine (C=N–C) groups is 1. The minimum Gasteiger partial charge on any atom is -0.352 e. The van der Waals surface area contributed by atoms with Gasteiger partial charge in [0.15, 0.2) is 0 Å². The highest BCUT2D eigenvalue weighted by Gasteiger charge is 2.31. The summed E-state index contributed by atoms with van der Waals surface area (Å²) in [7, 11) is 0. The topological polar surface area (TPSA) is 68.8 Å². The molecule has 120 valence electrons. The summed E-state index contributed by atoms with van der Waals surface area (Å²) in [5.41, 5.74) is 11.0. The van der Waals surface area contributed by atoms with E-state index in [2.05, 4.69) is 45.3 Å². The first-order valence-corrected chi connectivity index (χ1v) is 8.10. The molecule has 0 fully saturated rings. The standard InChI is InChI=1S/C18H17N5O/c24-18-13-6-3-7-14-16(13)17(21-22-18)20-15(19-14)10-23-8-11-4-1-2-5-12(11)9-23/h1-7,17,21H,8-10H2,(H,19,20)(H,22,24). The molecular formula is C18H17N5O. The summed E-state index contributed by atoms with van der Waals surface area (Å²) in [6, 6.07) is 14.2. The summed E-state index contributed by atoms with van der Waals surface area (Å²) in [5, 5.41) is 3.41. The quantitative estimate of drug-likeness (QED) is 0.786. The van der Waals surface area contributed by atoms with Gasteiger partial charge in [0.05, 0.1) is 12.2 Å². The smallest absolute Gasteiger partial charge is 0.265 e. The number of fused-ring (bicyclic) bond motifs is 1. The zero-order valence-corrected chi connectivity index (χ0v) is 13.0. The van der Waals surface area contributed by atoms with E-state index < -0.39 is 0 Å². The highest BCUT2D eigenvalue weighted by molar-refractivity contribution is 6.00. The first-order valence-electron chi connectivity index (χ1n) is 8.10. The number of carbonyl (C=O) groups excluding carboxylic acids is 1. The molecule has 0 radical (unpaired) electrons. The van der Waals surface area contributed by atoms with Crippen LogP contribution in [0.4, 0.5) is 5.69 Å². The zero-order chi connectivity index (χ0) is 16.1. The van der Waals surface area contributed by atoms with Crippen LogP contribution in [0.3, 0.4) is 0 Å². The van der Waals surface area contributed by atoms with E-state index in [1.165, 1.54) is 11.1 Å². The van der Waals surface area contributed by atoms with Gasteiger partial charge in [-0.15, -0.1) is 0 Å². The Bertz CT molecular complexity index is 850. The maximum atomic E-state index is 12.0. The maximum Gasteiger partial charge on any atom is 0.265 e. The van der Waals surface area contributed by atoms with E-state index in [4.69, 9.17) is 4.99 Å². The molecule has 6 nitrogen and oxygen atoms in total. The number of amidine groups is 1. The van der Waals surface area contributed by atoms with Crippen LogP contribution in [0.1, 0.15) is 33.2 Å². The molecular weight excluding hydrogens is 302 g/mol. The van der Waals surface area contributed by atoms with Crippen LogP contribution >= 0.6 is 0 Å². The average Bonchev–Trinajstić information content (AvgIpc) is 3.00. The number of rotatable bonds is 2. The van der Waals surface area contributed by atoms with Crippen molar-refractivity contribution in [1.29, 1.82) is 0 Å². The fourth-order valence-electron chi connectivity index (χ4n) is 3.69. The molecule has 0 aliphatic carbocycles. The van der Waals surface area contributed by atoms with Gasteiger partial charge in [-0.25, -0.2) is 10.4 Å². The van der Waals surface area contributed by atoms with Crippen molar-refractivity contribution in [2.75, 3.05) is 6.54 Å². The second kappa shape index (κ2) is 5.15. The van der Waals surface area contributed by atoms with E-state index in [-0.39, 0.29) is 12.1 Å². The number of hydrogen-bond donors (Lipinski definition) is 3. The number of carbonyl (C=O) groups is 1. The maximum absolute atomic E-state index is 12.0. The molecule has 2 aromatic carbocycles. The number of amides is 1. The first-order chi connectivity index (χ1) is 11.8. The van der Waals surface area contributed by atoms with E-state index in [1.807, 2.05) is 18.2 Å². The molecule has 1 atom stereocenters. The minimum atomic E-state index is -0.133. The molecule has 0 spiro atoms. The Hall–Kier alpha value is -2.70. The van der Waals surface area contributed by atoms with Gasteiger partial charge in [-0.05, 0) is 23.3 Å². The van der Waals surface area contributed by atoms with Crippen molar-refractivity contribution < 1.29 is 4.79 Å². The second-order valence-corrected chi connectivity index (χ2v) is 6.39. The SMILES string of the molecule is O=C1NNC2NC(CN3Cc4ccccc4C3)=Nc3cccc1c32. The van der Waals surface area contributed by atoms with E-state index in [1.54, 1.807) is 0 Å². The fourth-order valence-corrected chi connectivity index (χ4v) is 3.69. The van der Waals surface area contributed by atoms with Crippen LogP contribution in [-0.2, 0) is 13.1 Å². The van der Waals surface area contributed by atoms with Gasteiger partial charge < -0.3 is 5.32 Å². The molecule has 24 heavy (non-hydrogen) atoms. The Balaban J connectivity index is 1.43. The predicted molar refractivity (Wildman–Crippen MR) is 90.6 cm³/mol. The van der Waals surface area contributed by atoms with Gasteiger partial charge in [0.2, 0.25) is 0 Å². The number of hydrazine groups is 1. The number of nitrogens with one attached hydrogen (secondary N) is 3. The lowest BCUT2D eigenvalue weighted by Crippen LogP contribution is -2.54. The van der Waals surface area contributed by atoms with Crippen molar-refractivity contribution in [3.05, 3.63) is 64.7 Å². The third-order valence-electron chi connectivity index (χ3n) is 4.79. The van der Waals surface area contributed by atoms with Crippen LogP contribution in [0.2, 0.25) is 0 Å². The molecule has 0 saturated carbocycles. The third-order valence-corrected chi connectivity index (χ3v) is 4.79. The van der Waals surface area contributed by atoms with Crippen LogP contribution in [0, 0.1) is 0 Å². The number of benzene rings is 2. The van der Waals surface area contributed by atoms with Gasteiger partial charge >= 0.3 is 0 Å². The van der Waals surface area contributed by atoms with Gasteiger partial charge in [0.1, 0.15) is 12.0 Å². The Kier molecular flexibility index (Phi) is 2.95. The molecule has 0 aromatic heterocycles. The van der Waals surface area contributed by atoms with Crippen LogP contribution in [0.25, 0.3) is 0 Å². The zero-order valence-electron chi connectivity index (χ0n) is 13.0. The van der Waals surface area contributed by atoms with Crippen molar-refractivity contribution in [2.45, 2.75) is 19.3 Å². The van der Waals surface area contributed by atoms with E-state index >= 15 is 0 Å². The van der Waals surface area contributed by atoms with Crippen molar-refractivity contribution in [3.8, 4) is 0 Å². The molecule has 1 unspecified atom stereocenters. The van der Waals surface area contributed by atoms with Crippen molar-refractivity contribution >= 4 is 17.4 Å². The predicted octanol–water partition coefficient (Wildman–Crippen LogP) is 1.58. The number of nitrogens with zero attached hydrogens (tertiary/aromatic N) is 2. The summed E-state index contributed by atoms with van der Waals surface area (Å²) < 4.78 is 0. The second-order valence-electron chi connectivity index (χ2n) is 6.39. The van der Waals surface area contributed by atoms with Gasteiger partial charge in [0.25, 0.3) is 5.91 Å². The Morgan fingerprint density at radius 3 is 2.67 bits per heavy atom. The molecule has 0 saturated heterocycles. The monoisotopic (exact) mass is 319 g/mol. The van der Waals surface area contributed by atoms with E-state index in [9.17, 15) is 4.79 Å². The molecule has 3 aliphatic rings. The highest BCUT2D eigenvalue weighted by atomic mass is 16.2. The summed E-state index contributed by atoms with van der Waals surface area (Å²) >= 11 is 0. The lowest BCUT2D eigenvalue weighted by atomic mass is 9.99. The summed E-state index contributed by atoms with van der Waals surface area (Å²) in [6.07, 6.45) is -0.133. The minimum absolute atomic E-state index is 0.112. The lowest BCUT2D eigenvalue weighted by Gasteiger charge is -2.33. The summed E-state index contributed by atoms with van der Waals surface area (Å²) in [5.74, 6) is 0.805.